The highest BCUT2D eigenvalue weighted by Gasteiger charge is 2.00. The zero-order valence-corrected chi connectivity index (χ0v) is 7.12. The predicted octanol–water partition coefficient (Wildman–Crippen LogP) is -0.227. The minimum atomic E-state index is -0.973. The maximum absolute atomic E-state index is 10.8. The minimum absolute atomic E-state index is 0.138. The fourth-order valence-electron chi connectivity index (χ4n) is 0.509. The monoisotopic (exact) mass is 171 g/mol. The molecule has 0 fully saturated rings. The third-order valence-corrected chi connectivity index (χ3v) is 1.12. The third kappa shape index (κ3) is 3.75. The summed E-state index contributed by atoms with van der Waals surface area (Å²) in [5.41, 5.74) is 0. The van der Waals surface area contributed by atoms with E-state index in [0.29, 0.717) is 0 Å². The average Bonchev–Trinajstić information content (AvgIpc) is 2.04. The van der Waals surface area contributed by atoms with Gasteiger partial charge in [0.25, 0.3) is 0 Å². The van der Waals surface area contributed by atoms with Crippen LogP contribution in [0.25, 0.3) is 0 Å². The first kappa shape index (κ1) is 10.7. The molecule has 68 valence electrons. The van der Waals surface area contributed by atoms with Crippen molar-refractivity contribution in [3.8, 4) is 0 Å². The Kier molecular flexibility index (Phi) is 4.76. The lowest BCUT2D eigenvalue weighted by molar-refractivity contribution is -0.303. The summed E-state index contributed by atoms with van der Waals surface area (Å²) in [6.07, 6.45) is 0.975. The van der Waals surface area contributed by atoms with Crippen LogP contribution in [0.1, 0.15) is 20.3 Å². The molecule has 0 N–H and O–H groups in total. The molecule has 0 saturated heterocycles. The van der Waals surface area contributed by atoms with E-state index in [-0.39, 0.29) is 18.8 Å². The van der Waals surface area contributed by atoms with E-state index in [1.807, 2.05) is 0 Å². The summed E-state index contributed by atoms with van der Waals surface area (Å²) in [6, 6.07) is 0. The molecule has 0 aromatic rings. The van der Waals surface area contributed by atoms with E-state index in [1.54, 1.807) is 13.8 Å². The Labute approximate surface area is 70.8 Å². The van der Waals surface area contributed by atoms with E-state index in [9.17, 15) is 14.7 Å². The molecule has 0 aliphatic rings. The molecule has 0 unspecified atom stereocenters. The van der Waals surface area contributed by atoms with Crippen LogP contribution in [-0.2, 0) is 14.3 Å². The molecule has 0 amide bonds. The molecule has 12 heavy (non-hydrogen) atoms. The molecule has 4 nitrogen and oxygen atoms in total. The Morgan fingerprint density at radius 3 is 2.42 bits per heavy atom. The number of carbonyl (C=O) groups is 2. The van der Waals surface area contributed by atoms with Gasteiger partial charge < -0.3 is 9.84 Å². The molecule has 0 aromatic heterocycles. The molecule has 0 spiro atoms. The summed E-state index contributed by atoms with van der Waals surface area (Å²) in [5, 5.41) is 10.8. The molecule has 0 rings (SSSR count). The first-order chi connectivity index (χ1) is 5.61. The second kappa shape index (κ2) is 5.35. The zero-order chi connectivity index (χ0) is 9.56. The van der Waals surface area contributed by atoms with E-state index in [0.717, 1.165) is 6.08 Å². The normalized spacial score (nSPS) is 11.0. The van der Waals surface area contributed by atoms with Gasteiger partial charge in [-0.1, -0.05) is 6.92 Å². The van der Waals surface area contributed by atoms with E-state index in [4.69, 9.17) is 0 Å². The van der Waals surface area contributed by atoms with Gasteiger partial charge in [0, 0.05) is 6.42 Å². The largest absolute Gasteiger partial charge is 0.868 e. The van der Waals surface area contributed by atoms with Crippen LogP contribution < -0.4 is 5.11 Å². The fraction of sp³-hybridized carbons (Fsp3) is 0.500. The summed E-state index contributed by atoms with van der Waals surface area (Å²) in [4.78, 5) is 21.3. The van der Waals surface area contributed by atoms with Gasteiger partial charge in [0.15, 0.2) is 5.78 Å². The van der Waals surface area contributed by atoms with Gasteiger partial charge in [-0.15, -0.1) is 0 Å². The maximum atomic E-state index is 10.8. The molecular weight excluding hydrogens is 160 g/mol. The first-order valence-corrected chi connectivity index (χ1v) is 3.70. The van der Waals surface area contributed by atoms with Gasteiger partial charge in [-0.25, -0.2) is 4.79 Å². The van der Waals surface area contributed by atoms with Crippen LogP contribution in [-0.4, -0.2) is 18.4 Å². The maximum Gasteiger partial charge on any atom is 0.322 e. The summed E-state index contributed by atoms with van der Waals surface area (Å²) < 4.78 is 4.38. The molecule has 0 bridgehead atoms. The quantitative estimate of drug-likeness (QED) is 0.333. The lowest BCUT2D eigenvalue weighted by Crippen LogP contribution is -2.19. The van der Waals surface area contributed by atoms with Crippen molar-refractivity contribution in [2.45, 2.75) is 20.3 Å². The number of hydrogen-bond acceptors (Lipinski definition) is 4. The summed E-state index contributed by atoms with van der Waals surface area (Å²) in [7, 11) is 0. The summed E-state index contributed by atoms with van der Waals surface area (Å²) >= 11 is 0. The molecule has 0 radical (unpaired) electrons. The Morgan fingerprint density at radius 1 is 1.42 bits per heavy atom. The van der Waals surface area contributed by atoms with Gasteiger partial charge >= 0.3 is 5.97 Å². The predicted molar refractivity (Wildman–Crippen MR) is 40.0 cm³/mol. The van der Waals surface area contributed by atoms with Crippen LogP contribution in [0.3, 0.4) is 0 Å². The Hall–Kier alpha value is -1.32. The molecule has 0 saturated carbocycles. The number of ketones is 1. The van der Waals surface area contributed by atoms with Gasteiger partial charge in [-0.3, -0.25) is 4.79 Å². The van der Waals surface area contributed by atoms with Gasteiger partial charge in [-0.05, 0) is 18.8 Å². The van der Waals surface area contributed by atoms with Crippen LogP contribution in [0.2, 0.25) is 0 Å². The van der Waals surface area contributed by atoms with E-state index >= 15 is 0 Å². The van der Waals surface area contributed by atoms with Gasteiger partial charge in [0.05, 0.1) is 6.61 Å². The second-order valence-corrected chi connectivity index (χ2v) is 2.05. The van der Waals surface area contributed by atoms with Crippen molar-refractivity contribution < 1.29 is 19.4 Å². The first-order valence-electron chi connectivity index (χ1n) is 3.70. The van der Waals surface area contributed by atoms with Gasteiger partial charge in [0.2, 0.25) is 0 Å². The molecule has 0 aliphatic carbocycles. The second-order valence-electron chi connectivity index (χ2n) is 2.05. The smallest absolute Gasteiger partial charge is 0.322 e. The highest BCUT2D eigenvalue weighted by Crippen LogP contribution is 1.91. The summed E-state index contributed by atoms with van der Waals surface area (Å²) in [5.74, 6) is -2.23. The Balaban J connectivity index is 4.17. The van der Waals surface area contributed by atoms with Crippen molar-refractivity contribution in [2.24, 2.45) is 0 Å². The van der Waals surface area contributed by atoms with Crippen molar-refractivity contribution in [1.82, 2.24) is 0 Å². The molecule has 0 aromatic carbocycles. The van der Waals surface area contributed by atoms with Gasteiger partial charge in [-0.2, -0.15) is 0 Å². The number of esters is 1. The number of allylic oxidation sites excluding steroid dienone is 1. The fourth-order valence-corrected chi connectivity index (χ4v) is 0.509. The van der Waals surface area contributed by atoms with E-state index < -0.39 is 11.7 Å². The standard InChI is InChI=1S/C8H12O4/c1-3-6(9)5-7(10)8(11)12-4-2/h5,10H,3-4H2,1-2H3/p-1/b7-5-. The minimum Gasteiger partial charge on any atom is -0.868 e. The number of carbonyl (C=O) groups excluding carboxylic acids is 2. The van der Waals surface area contributed by atoms with Crippen LogP contribution in [0, 0.1) is 0 Å². The third-order valence-electron chi connectivity index (χ3n) is 1.12. The Morgan fingerprint density at radius 2 is 2.00 bits per heavy atom. The topological polar surface area (TPSA) is 66.4 Å². The van der Waals surface area contributed by atoms with Crippen molar-refractivity contribution in [3.63, 3.8) is 0 Å². The SMILES string of the molecule is CCOC(=O)/C([O-])=C/C(=O)CC. The molecule has 0 atom stereocenters. The van der Waals surface area contributed by atoms with E-state index in [1.165, 1.54) is 0 Å². The number of hydrogen-bond donors (Lipinski definition) is 0. The lowest BCUT2D eigenvalue weighted by atomic mass is 10.3. The van der Waals surface area contributed by atoms with Gasteiger partial charge in [0.1, 0.15) is 0 Å². The molecule has 0 aliphatic heterocycles. The number of rotatable bonds is 4. The molecule has 4 heteroatoms. The van der Waals surface area contributed by atoms with Crippen molar-refractivity contribution in [3.05, 3.63) is 11.8 Å². The van der Waals surface area contributed by atoms with Crippen molar-refractivity contribution in [2.75, 3.05) is 6.61 Å². The molecule has 0 heterocycles. The van der Waals surface area contributed by atoms with Crippen LogP contribution in [0.4, 0.5) is 0 Å². The van der Waals surface area contributed by atoms with Crippen molar-refractivity contribution in [1.29, 1.82) is 0 Å². The average molecular weight is 171 g/mol. The highest BCUT2D eigenvalue weighted by molar-refractivity contribution is 5.97. The van der Waals surface area contributed by atoms with Crippen LogP contribution in [0.5, 0.6) is 0 Å². The molecular formula is C8H11O4-. The zero-order valence-electron chi connectivity index (χ0n) is 7.12. The lowest BCUT2D eigenvalue weighted by Gasteiger charge is -2.08. The number of ether oxygens (including phenoxy) is 1. The Bertz CT molecular complexity index is 205. The van der Waals surface area contributed by atoms with Crippen LogP contribution >= 0.6 is 0 Å². The van der Waals surface area contributed by atoms with Crippen molar-refractivity contribution >= 4 is 11.8 Å². The summed E-state index contributed by atoms with van der Waals surface area (Å²) in [6.45, 7) is 3.34. The highest BCUT2D eigenvalue weighted by atomic mass is 16.5. The van der Waals surface area contributed by atoms with Crippen LogP contribution in [0.15, 0.2) is 11.8 Å². The van der Waals surface area contributed by atoms with E-state index in [2.05, 4.69) is 4.74 Å².